The lowest BCUT2D eigenvalue weighted by atomic mass is 9.50. The van der Waals surface area contributed by atoms with Crippen molar-refractivity contribution in [3.8, 4) is 5.75 Å². The molecule has 0 aromatic heterocycles. The van der Waals surface area contributed by atoms with Crippen molar-refractivity contribution in [2.24, 2.45) is 23.7 Å². The highest BCUT2D eigenvalue weighted by Crippen LogP contribution is 2.60. The summed E-state index contributed by atoms with van der Waals surface area (Å²) < 4.78 is 46.5. The number of rotatable bonds is 4. The van der Waals surface area contributed by atoms with Gasteiger partial charge in [-0.15, -0.1) is 0 Å². The van der Waals surface area contributed by atoms with Crippen LogP contribution in [-0.2, 0) is 6.18 Å². The van der Waals surface area contributed by atoms with E-state index in [1.165, 1.54) is 6.42 Å². The van der Waals surface area contributed by atoms with Gasteiger partial charge < -0.3 is 9.84 Å². The van der Waals surface area contributed by atoms with Crippen molar-refractivity contribution in [2.45, 2.75) is 43.9 Å². The van der Waals surface area contributed by atoms with E-state index in [2.05, 4.69) is 6.58 Å². The van der Waals surface area contributed by atoms with Gasteiger partial charge in [-0.1, -0.05) is 6.58 Å². The van der Waals surface area contributed by atoms with Crippen LogP contribution in [0.25, 0.3) is 0 Å². The number of benzene rings is 1. The quantitative estimate of drug-likeness (QED) is 0.749. The molecule has 1 N–H and O–H groups in total. The number of hydrogen-bond donors (Lipinski definition) is 1. The number of hydrogen-bond acceptors (Lipinski definition) is 2. The smallest absolute Gasteiger partial charge is 0.419 e. The van der Waals surface area contributed by atoms with E-state index in [9.17, 15) is 23.1 Å². The van der Waals surface area contributed by atoms with Crippen molar-refractivity contribution in [3.63, 3.8) is 0 Å². The van der Waals surface area contributed by atoms with Crippen molar-refractivity contribution in [1.82, 2.24) is 0 Å². The van der Waals surface area contributed by atoms with Gasteiger partial charge in [0.05, 0.1) is 11.1 Å². The highest BCUT2D eigenvalue weighted by molar-refractivity contribution is 5.88. The van der Waals surface area contributed by atoms with Crippen LogP contribution in [0.4, 0.5) is 13.2 Å². The number of carboxylic acids is 1. The van der Waals surface area contributed by atoms with Gasteiger partial charge in [-0.05, 0) is 68.2 Å². The van der Waals surface area contributed by atoms with Gasteiger partial charge in [0.2, 0.25) is 0 Å². The average Bonchev–Trinajstić information content (AvgIpc) is 2.56. The summed E-state index contributed by atoms with van der Waals surface area (Å²) in [6.45, 7) is 3.90. The second-order valence-corrected chi connectivity index (χ2v) is 7.98. The third-order valence-corrected chi connectivity index (χ3v) is 6.55. The number of aromatic carboxylic acids is 1. The van der Waals surface area contributed by atoms with E-state index in [0.717, 1.165) is 43.9 Å². The second kappa shape index (κ2) is 5.76. The van der Waals surface area contributed by atoms with Crippen LogP contribution in [0.3, 0.4) is 0 Å². The Hall–Kier alpha value is -1.98. The summed E-state index contributed by atoms with van der Waals surface area (Å²) in [7, 11) is 0. The van der Waals surface area contributed by atoms with E-state index in [4.69, 9.17) is 4.74 Å². The summed E-state index contributed by atoms with van der Waals surface area (Å²) in [5.41, 5.74) is -1.99. The van der Waals surface area contributed by atoms with Gasteiger partial charge in [0, 0.05) is 11.8 Å². The standard InChI is InChI=1S/C20H21F3O3/c1-2-19(14-6-11-5-12(8-14)9-15(19)7-11)26-17-10-13(18(24)25)3-4-16(17)20(21,22)23/h2-4,10-12,14-15H,1,5-9H2,(H,24,25). The average molecular weight is 366 g/mol. The molecule has 0 spiro atoms. The largest absolute Gasteiger partial charge is 0.482 e. The first kappa shape index (κ1) is 17.4. The summed E-state index contributed by atoms with van der Waals surface area (Å²) >= 11 is 0. The normalized spacial score (nSPS) is 35.3. The molecule has 4 aliphatic rings. The first-order valence-corrected chi connectivity index (χ1v) is 9.00. The number of ether oxygens (including phenoxy) is 1. The van der Waals surface area contributed by atoms with Crippen LogP contribution in [0.1, 0.15) is 48.0 Å². The number of halogens is 3. The van der Waals surface area contributed by atoms with E-state index >= 15 is 0 Å². The summed E-state index contributed by atoms with van der Waals surface area (Å²) in [5.74, 6) is -0.133. The van der Waals surface area contributed by atoms with Crippen molar-refractivity contribution in [1.29, 1.82) is 0 Å². The van der Waals surface area contributed by atoms with Crippen LogP contribution in [0.15, 0.2) is 30.9 Å². The molecular weight excluding hydrogens is 345 g/mol. The fraction of sp³-hybridized carbons (Fsp3) is 0.550. The molecule has 26 heavy (non-hydrogen) atoms. The molecule has 6 heteroatoms. The highest BCUT2D eigenvalue weighted by atomic mass is 19.4. The lowest BCUT2D eigenvalue weighted by Gasteiger charge is -2.59. The molecule has 0 aliphatic heterocycles. The molecule has 1 aromatic rings. The number of carboxylic acid groups (broad SMARTS) is 1. The van der Waals surface area contributed by atoms with Crippen molar-refractivity contribution < 1.29 is 27.8 Å². The number of alkyl halides is 3. The van der Waals surface area contributed by atoms with Crippen LogP contribution in [0.2, 0.25) is 0 Å². The molecule has 0 amide bonds. The SMILES string of the molecule is C=CC1(Oc2cc(C(=O)O)ccc2C(F)(F)F)C2CC3CC(C2)CC1C3. The van der Waals surface area contributed by atoms with Crippen LogP contribution in [-0.4, -0.2) is 16.7 Å². The summed E-state index contributed by atoms with van der Waals surface area (Å²) in [6, 6.07) is 2.77. The monoisotopic (exact) mass is 366 g/mol. The molecule has 0 atom stereocenters. The Balaban J connectivity index is 1.76. The number of carbonyl (C=O) groups is 1. The molecule has 140 valence electrons. The Labute approximate surface area is 149 Å². The zero-order chi connectivity index (χ0) is 18.7. The second-order valence-electron chi connectivity index (χ2n) is 7.98. The molecular formula is C20H21F3O3. The van der Waals surface area contributed by atoms with Gasteiger partial charge in [-0.25, -0.2) is 4.79 Å². The van der Waals surface area contributed by atoms with Gasteiger partial charge in [0.15, 0.2) is 0 Å². The van der Waals surface area contributed by atoms with Crippen LogP contribution >= 0.6 is 0 Å². The van der Waals surface area contributed by atoms with Gasteiger partial charge in [0.25, 0.3) is 0 Å². The van der Waals surface area contributed by atoms with Crippen molar-refractivity contribution in [3.05, 3.63) is 42.0 Å². The molecule has 1 aromatic carbocycles. The van der Waals surface area contributed by atoms with E-state index in [-0.39, 0.29) is 17.4 Å². The third-order valence-electron chi connectivity index (χ3n) is 6.55. The van der Waals surface area contributed by atoms with E-state index < -0.39 is 29.1 Å². The van der Waals surface area contributed by atoms with Gasteiger partial charge in [0.1, 0.15) is 11.4 Å². The molecule has 3 nitrogen and oxygen atoms in total. The minimum absolute atomic E-state index is 0.144. The Morgan fingerprint density at radius 3 is 2.19 bits per heavy atom. The maximum absolute atomic E-state index is 13.5. The van der Waals surface area contributed by atoms with E-state index in [0.29, 0.717) is 11.8 Å². The highest BCUT2D eigenvalue weighted by Gasteiger charge is 2.58. The van der Waals surface area contributed by atoms with Crippen LogP contribution in [0.5, 0.6) is 5.75 Å². The van der Waals surface area contributed by atoms with Crippen LogP contribution in [0, 0.1) is 23.7 Å². The molecule has 5 rings (SSSR count). The topological polar surface area (TPSA) is 46.5 Å². The summed E-state index contributed by atoms with van der Waals surface area (Å²) in [5, 5.41) is 9.18. The van der Waals surface area contributed by atoms with Gasteiger partial charge in [-0.3, -0.25) is 0 Å². The Morgan fingerprint density at radius 1 is 1.15 bits per heavy atom. The Bertz CT molecular complexity index is 725. The first-order valence-electron chi connectivity index (χ1n) is 9.00. The summed E-state index contributed by atoms with van der Waals surface area (Å²) in [6.07, 6.45) is 2.05. The maximum atomic E-state index is 13.5. The van der Waals surface area contributed by atoms with E-state index in [1.807, 2.05) is 0 Å². The molecule has 0 heterocycles. The minimum Gasteiger partial charge on any atom is -0.482 e. The fourth-order valence-corrected chi connectivity index (χ4v) is 5.63. The Morgan fingerprint density at radius 2 is 1.73 bits per heavy atom. The molecule has 4 aliphatic carbocycles. The minimum atomic E-state index is -4.61. The molecule has 4 fully saturated rings. The predicted octanol–water partition coefficient (Wildman–Crippen LogP) is 5.16. The molecule has 0 unspecified atom stereocenters. The van der Waals surface area contributed by atoms with E-state index in [1.54, 1.807) is 6.08 Å². The predicted molar refractivity (Wildman–Crippen MR) is 89.0 cm³/mol. The zero-order valence-corrected chi connectivity index (χ0v) is 14.3. The molecule has 0 radical (unpaired) electrons. The van der Waals surface area contributed by atoms with Crippen molar-refractivity contribution in [2.75, 3.05) is 0 Å². The third kappa shape index (κ3) is 2.61. The van der Waals surface area contributed by atoms with Crippen LogP contribution < -0.4 is 4.74 Å². The zero-order valence-electron chi connectivity index (χ0n) is 14.3. The molecule has 0 saturated heterocycles. The summed E-state index contributed by atoms with van der Waals surface area (Å²) in [4.78, 5) is 11.2. The van der Waals surface area contributed by atoms with Crippen molar-refractivity contribution >= 4 is 5.97 Å². The Kier molecular flexibility index (Phi) is 3.86. The first-order chi connectivity index (χ1) is 12.2. The molecule has 4 bridgehead atoms. The maximum Gasteiger partial charge on any atom is 0.419 e. The fourth-order valence-electron chi connectivity index (χ4n) is 5.63. The van der Waals surface area contributed by atoms with Gasteiger partial charge >= 0.3 is 12.1 Å². The lowest BCUT2D eigenvalue weighted by Crippen LogP contribution is -2.59. The lowest BCUT2D eigenvalue weighted by molar-refractivity contribution is -0.149. The molecule has 4 saturated carbocycles. The van der Waals surface area contributed by atoms with Gasteiger partial charge in [-0.2, -0.15) is 13.2 Å².